The maximum atomic E-state index is 9.49. The Bertz CT molecular complexity index is 638. The van der Waals surface area contributed by atoms with Crippen molar-refractivity contribution in [3.63, 3.8) is 0 Å². The third-order valence-corrected chi connectivity index (χ3v) is 4.06. The normalized spacial score (nSPS) is 15.9. The van der Waals surface area contributed by atoms with Gasteiger partial charge in [0, 0.05) is 6.54 Å². The molecule has 1 saturated heterocycles. The lowest BCUT2D eigenvalue weighted by molar-refractivity contribution is -0.128. The van der Waals surface area contributed by atoms with Crippen LogP contribution in [0.5, 0.6) is 11.5 Å². The summed E-state index contributed by atoms with van der Waals surface area (Å²) in [6.45, 7) is 1.88. The van der Waals surface area contributed by atoms with Crippen molar-refractivity contribution in [1.29, 1.82) is 0 Å². The summed E-state index contributed by atoms with van der Waals surface area (Å²) in [6, 6.07) is 15.0. The molecule has 2 N–H and O–H groups in total. The second kappa shape index (κ2) is 6.57. The summed E-state index contributed by atoms with van der Waals surface area (Å²) in [5, 5.41) is 13.4. The third kappa shape index (κ3) is 3.19. The molecule has 0 unspecified atom stereocenters. The molecule has 3 rings (SSSR count). The van der Waals surface area contributed by atoms with Crippen molar-refractivity contribution in [3.05, 3.63) is 53.6 Å². The minimum atomic E-state index is -0.197. The van der Waals surface area contributed by atoms with Gasteiger partial charge in [0.1, 0.15) is 5.75 Å². The van der Waals surface area contributed by atoms with Crippen LogP contribution in [-0.4, -0.2) is 31.5 Å². The Balaban J connectivity index is 1.74. The predicted molar refractivity (Wildman–Crippen MR) is 86.8 cm³/mol. The van der Waals surface area contributed by atoms with Gasteiger partial charge < -0.3 is 19.9 Å². The molecule has 0 spiro atoms. The Labute approximate surface area is 134 Å². The number of halogens is 1. The molecule has 1 heterocycles. The van der Waals surface area contributed by atoms with Crippen LogP contribution in [0.25, 0.3) is 0 Å². The van der Waals surface area contributed by atoms with Crippen LogP contribution in [0.4, 0.5) is 5.69 Å². The van der Waals surface area contributed by atoms with Crippen LogP contribution in [0.1, 0.15) is 0 Å². The van der Waals surface area contributed by atoms with Crippen LogP contribution in [0, 0.1) is 5.41 Å². The molecule has 2 aromatic rings. The molecule has 0 radical (unpaired) electrons. The van der Waals surface area contributed by atoms with E-state index in [1.165, 1.54) is 0 Å². The van der Waals surface area contributed by atoms with Gasteiger partial charge in [-0.25, -0.2) is 0 Å². The first-order chi connectivity index (χ1) is 10.7. The highest BCUT2D eigenvalue weighted by Crippen LogP contribution is 2.34. The maximum absolute atomic E-state index is 9.49. The number of hydrogen-bond acceptors (Lipinski definition) is 4. The van der Waals surface area contributed by atoms with Crippen LogP contribution in [0.3, 0.4) is 0 Å². The molecule has 0 saturated carbocycles. The van der Waals surface area contributed by atoms with E-state index in [1.54, 1.807) is 6.07 Å². The van der Waals surface area contributed by atoms with Crippen molar-refractivity contribution in [2.75, 3.05) is 31.7 Å². The van der Waals surface area contributed by atoms with Crippen LogP contribution >= 0.6 is 11.6 Å². The zero-order valence-electron chi connectivity index (χ0n) is 12.1. The Morgan fingerprint density at radius 1 is 1.09 bits per heavy atom. The summed E-state index contributed by atoms with van der Waals surface area (Å²) in [7, 11) is 0. The lowest BCUT2D eigenvalue weighted by Crippen LogP contribution is -2.50. The molecule has 0 atom stereocenters. The van der Waals surface area contributed by atoms with E-state index in [1.807, 2.05) is 42.5 Å². The van der Waals surface area contributed by atoms with Gasteiger partial charge in [0.2, 0.25) is 0 Å². The molecular weight excluding hydrogens is 302 g/mol. The Morgan fingerprint density at radius 2 is 1.77 bits per heavy atom. The molecule has 0 aromatic heterocycles. The summed E-state index contributed by atoms with van der Waals surface area (Å²) in [5.41, 5.74) is 0.666. The Kier molecular flexibility index (Phi) is 4.52. The Hall–Kier alpha value is -1.75. The first-order valence-electron chi connectivity index (χ1n) is 7.16. The third-order valence-electron chi connectivity index (χ3n) is 3.75. The minimum Gasteiger partial charge on any atom is -0.454 e. The maximum Gasteiger partial charge on any atom is 0.150 e. The lowest BCUT2D eigenvalue weighted by atomic mass is 9.87. The number of aliphatic hydroxyl groups excluding tert-OH is 1. The number of hydrogen-bond donors (Lipinski definition) is 2. The molecule has 0 aliphatic carbocycles. The largest absolute Gasteiger partial charge is 0.454 e. The zero-order valence-corrected chi connectivity index (χ0v) is 12.8. The number of nitrogens with one attached hydrogen (secondary N) is 1. The zero-order chi connectivity index (χ0) is 15.4. The van der Waals surface area contributed by atoms with Crippen molar-refractivity contribution in [2.24, 2.45) is 5.41 Å². The standard InChI is InChI=1S/C17H18ClNO3/c18-13-5-1-3-7-15(13)22-16-8-4-2-6-14(16)19-9-17(10-20)11-21-12-17/h1-8,19-20H,9-12H2. The fourth-order valence-electron chi connectivity index (χ4n) is 2.27. The van der Waals surface area contributed by atoms with Crippen molar-refractivity contribution in [1.82, 2.24) is 0 Å². The minimum absolute atomic E-state index is 0.105. The van der Waals surface area contributed by atoms with Crippen LogP contribution in [-0.2, 0) is 4.74 Å². The van der Waals surface area contributed by atoms with Gasteiger partial charge in [-0.3, -0.25) is 0 Å². The van der Waals surface area contributed by atoms with Crippen LogP contribution in [0.15, 0.2) is 48.5 Å². The SMILES string of the molecule is OCC1(CNc2ccccc2Oc2ccccc2Cl)COC1. The molecule has 116 valence electrons. The van der Waals surface area contributed by atoms with Gasteiger partial charge in [0.25, 0.3) is 0 Å². The van der Waals surface area contributed by atoms with Crippen molar-refractivity contribution in [2.45, 2.75) is 0 Å². The van der Waals surface area contributed by atoms with Gasteiger partial charge >= 0.3 is 0 Å². The summed E-state index contributed by atoms with van der Waals surface area (Å²) < 4.78 is 11.1. The molecule has 22 heavy (non-hydrogen) atoms. The second-order valence-corrected chi connectivity index (χ2v) is 5.94. The van der Waals surface area contributed by atoms with E-state index in [0.717, 1.165) is 5.69 Å². The Morgan fingerprint density at radius 3 is 2.41 bits per heavy atom. The first-order valence-corrected chi connectivity index (χ1v) is 7.54. The molecule has 1 aliphatic rings. The van der Waals surface area contributed by atoms with E-state index in [4.69, 9.17) is 21.1 Å². The number of anilines is 1. The molecule has 5 heteroatoms. The number of benzene rings is 2. The smallest absolute Gasteiger partial charge is 0.150 e. The molecule has 1 fully saturated rings. The van der Waals surface area contributed by atoms with Crippen molar-refractivity contribution < 1.29 is 14.6 Å². The van der Waals surface area contributed by atoms with Crippen LogP contribution < -0.4 is 10.1 Å². The van der Waals surface area contributed by atoms with Gasteiger partial charge in [0.15, 0.2) is 5.75 Å². The molecular formula is C17H18ClNO3. The quantitative estimate of drug-likeness (QED) is 0.855. The van der Waals surface area contributed by atoms with E-state index in [0.29, 0.717) is 36.3 Å². The fourth-order valence-corrected chi connectivity index (χ4v) is 2.44. The summed E-state index contributed by atoms with van der Waals surface area (Å²) >= 11 is 6.14. The van der Waals surface area contributed by atoms with Gasteiger partial charge in [-0.2, -0.15) is 0 Å². The average Bonchev–Trinajstić information content (AvgIpc) is 2.50. The highest BCUT2D eigenvalue weighted by Gasteiger charge is 2.37. The highest BCUT2D eigenvalue weighted by molar-refractivity contribution is 6.32. The second-order valence-electron chi connectivity index (χ2n) is 5.53. The number of ether oxygens (including phenoxy) is 2. The van der Waals surface area contributed by atoms with Crippen molar-refractivity contribution in [3.8, 4) is 11.5 Å². The average molecular weight is 320 g/mol. The van der Waals surface area contributed by atoms with Crippen LogP contribution in [0.2, 0.25) is 5.02 Å². The van der Waals surface area contributed by atoms with Gasteiger partial charge in [-0.05, 0) is 24.3 Å². The lowest BCUT2D eigenvalue weighted by Gasteiger charge is -2.40. The number of para-hydroxylation sites is 3. The molecule has 2 aromatic carbocycles. The predicted octanol–water partition coefficient (Wildman–Crippen LogP) is 3.55. The van der Waals surface area contributed by atoms with E-state index >= 15 is 0 Å². The van der Waals surface area contributed by atoms with E-state index in [2.05, 4.69) is 5.32 Å². The monoisotopic (exact) mass is 319 g/mol. The first kappa shape index (κ1) is 15.2. The summed E-state index contributed by atoms with van der Waals surface area (Å²) in [6.07, 6.45) is 0. The van der Waals surface area contributed by atoms with E-state index < -0.39 is 0 Å². The summed E-state index contributed by atoms with van der Waals surface area (Å²) in [4.78, 5) is 0. The molecule has 1 aliphatic heterocycles. The van der Waals surface area contributed by atoms with Crippen molar-refractivity contribution >= 4 is 17.3 Å². The number of rotatable bonds is 6. The van der Waals surface area contributed by atoms with E-state index in [9.17, 15) is 5.11 Å². The fraction of sp³-hybridized carbons (Fsp3) is 0.294. The van der Waals surface area contributed by atoms with Gasteiger partial charge in [-0.15, -0.1) is 0 Å². The molecule has 0 bridgehead atoms. The topological polar surface area (TPSA) is 50.7 Å². The summed E-state index contributed by atoms with van der Waals surface area (Å²) in [5.74, 6) is 1.31. The van der Waals surface area contributed by atoms with Gasteiger partial charge in [-0.1, -0.05) is 35.9 Å². The van der Waals surface area contributed by atoms with E-state index in [-0.39, 0.29) is 12.0 Å². The number of aliphatic hydroxyl groups is 1. The highest BCUT2D eigenvalue weighted by atomic mass is 35.5. The van der Waals surface area contributed by atoms with Gasteiger partial charge in [0.05, 0.1) is 35.9 Å². The molecule has 4 nitrogen and oxygen atoms in total. The molecule has 0 amide bonds.